The number of hydrogen-bond donors (Lipinski definition) is 2. The van der Waals surface area contributed by atoms with E-state index in [0.29, 0.717) is 17.1 Å². The molecule has 4 aromatic rings. The highest BCUT2D eigenvalue weighted by molar-refractivity contribution is 5.94. The molecule has 0 saturated carbocycles. The Kier molecular flexibility index (Phi) is 4.23. The number of nitrogens with zero attached hydrogens (tertiary/aromatic N) is 3. The molecule has 1 aliphatic rings. The third-order valence-corrected chi connectivity index (χ3v) is 4.93. The Bertz CT molecular complexity index is 1060. The Hall–Kier alpha value is -2.90. The number of pyridine rings is 1. The van der Waals surface area contributed by atoms with Crippen LogP contribution < -0.4 is 5.32 Å². The Morgan fingerprint density at radius 3 is 3.00 bits per heavy atom. The first-order valence-corrected chi connectivity index (χ1v) is 9.24. The second kappa shape index (κ2) is 7.02. The van der Waals surface area contributed by atoms with Crippen LogP contribution in [0.25, 0.3) is 33.6 Å². The van der Waals surface area contributed by atoms with E-state index in [-0.39, 0.29) is 0 Å². The van der Waals surface area contributed by atoms with Crippen molar-refractivity contribution in [3.05, 3.63) is 42.7 Å². The first kappa shape index (κ1) is 16.3. The quantitative estimate of drug-likeness (QED) is 0.567. The number of benzene rings is 1. The van der Waals surface area contributed by atoms with Crippen LogP contribution in [0.5, 0.6) is 0 Å². The number of rotatable bonds is 5. The molecule has 138 valence electrons. The van der Waals surface area contributed by atoms with Gasteiger partial charge in [-0.2, -0.15) is 4.98 Å². The van der Waals surface area contributed by atoms with E-state index in [0.717, 1.165) is 61.5 Å². The molecule has 1 saturated heterocycles. The maximum Gasteiger partial charge on any atom is 0.231 e. The summed E-state index contributed by atoms with van der Waals surface area (Å²) in [4.78, 5) is 14.6. The molecule has 1 aliphatic heterocycles. The lowest BCUT2D eigenvalue weighted by atomic mass is 10.2. The Balaban J connectivity index is 1.34. The number of aromatic amines is 1. The molecule has 3 aromatic heterocycles. The molecule has 0 spiro atoms. The number of oxazole rings is 1. The highest BCUT2D eigenvalue weighted by Crippen LogP contribution is 2.30. The first-order chi connectivity index (χ1) is 13.4. The molecule has 5 rings (SSSR count). The van der Waals surface area contributed by atoms with Gasteiger partial charge in [0.2, 0.25) is 5.89 Å². The van der Waals surface area contributed by atoms with E-state index in [1.807, 2.05) is 36.7 Å². The van der Waals surface area contributed by atoms with Gasteiger partial charge < -0.3 is 19.5 Å². The lowest BCUT2D eigenvalue weighted by Gasteiger charge is -2.26. The lowest BCUT2D eigenvalue weighted by molar-refractivity contribution is 0.0398. The van der Waals surface area contributed by atoms with Gasteiger partial charge in [-0.25, -0.2) is 4.98 Å². The molecule has 7 nitrogen and oxygen atoms in total. The molecule has 1 aromatic carbocycles. The van der Waals surface area contributed by atoms with Gasteiger partial charge in [0, 0.05) is 49.3 Å². The molecule has 0 aliphatic carbocycles. The zero-order valence-corrected chi connectivity index (χ0v) is 14.9. The SMILES string of the molecule is c1ccc2c(-c3nc4ncc(NCCN5CCOCC5)cc4o3)c[nH]c2c1. The zero-order valence-electron chi connectivity index (χ0n) is 14.9. The average molecular weight is 363 g/mol. The Labute approximate surface area is 156 Å². The minimum Gasteiger partial charge on any atom is -0.434 e. The first-order valence-electron chi connectivity index (χ1n) is 9.24. The summed E-state index contributed by atoms with van der Waals surface area (Å²) < 4.78 is 11.4. The van der Waals surface area contributed by atoms with Gasteiger partial charge >= 0.3 is 0 Å². The van der Waals surface area contributed by atoms with Crippen LogP contribution in [0, 0.1) is 0 Å². The van der Waals surface area contributed by atoms with Crippen LogP contribution in [-0.4, -0.2) is 59.2 Å². The van der Waals surface area contributed by atoms with Crippen LogP contribution >= 0.6 is 0 Å². The molecule has 27 heavy (non-hydrogen) atoms. The van der Waals surface area contributed by atoms with Crippen molar-refractivity contribution >= 4 is 27.8 Å². The van der Waals surface area contributed by atoms with Gasteiger partial charge in [0.25, 0.3) is 0 Å². The van der Waals surface area contributed by atoms with Crippen molar-refractivity contribution in [2.24, 2.45) is 0 Å². The van der Waals surface area contributed by atoms with Crippen LogP contribution in [0.1, 0.15) is 0 Å². The van der Waals surface area contributed by atoms with Crippen LogP contribution in [0.2, 0.25) is 0 Å². The van der Waals surface area contributed by atoms with Crippen molar-refractivity contribution in [3.63, 3.8) is 0 Å². The van der Waals surface area contributed by atoms with Crippen molar-refractivity contribution in [3.8, 4) is 11.5 Å². The second-order valence-corrected chi connectivity index (χ2v) is 6.69. The lowest BCUT2D eigenvalue weighted by Crippen LogP contribution is -2.39. The normalized spacial score (nSPS) is 15.6. The molecular formula is C20H21N5O2. The predicted octanol–water partition coefficient (Wildman–Crippen LogP) is 3.12. The molecule has 4 heterocycles. The summed E-state index contributed by atoms with van der Waals surface area (Å²) in [5.41, 5.74) is 4.26. The van der Waals surface area contributed by atoms with Crippen molar-refractivity contribution in [1.29, 1.82) is 0 Å². The monoisotopic (exact) mass is 363 g/mol. The molecular weight excluding hydrogens is 342 g/mol. The standard InChI is InChI=1S/C20H21N5O2/c1-2-4-17-15(3-1)16(13-22-17)20-24-19-18(27-20)11-14(12-23-19)21-5-6-25-7-9-26-10-8-25/h1-4,11-13,21-22H,5-10H2. The zero-order chi connectivity index (χ0) is 18.1. The van der Waals surface area contributed by atoms with Gasteiger partial charge in [0.05, 0.1) is 30.7 Å². The molecule has 0 unspecified atom stereocenters. The summed E-state index contributed by atoms with van der Waals surface area (Å²) in [6.07, 6.45) is 3.74. The number of anilines is 1. The van der Waals surface area contributed by atoms with E-state index < -0.39 is 0 Å². The van der Waals surface area contributed by atoms with E-state index in [1.54, 1.807) is 0 Å². The largest absolute Gasteiger partial charge is 0.434 e. The van der Waals surface area contributed by atoms with Gasteiger partial charge in [-0.3, -0.25) is 4.90 Å². The fourth-order valence-corrected chi connectivity index (χ4v) is 3.46. The number of morpholine rings is 1. The van der Waals surface area contributed by atoms with Crippen molar-refractivity contribution in [1.82, 2.24) is 19.9 Å². The number of nitrogens with one attached hydrogen (secondary N) is 2. The fraction of sp³-hybridized carbons (Fsp3) is 0.300. The fourth-order valence-electron chi connectivity index (χ4n) is 3.46. The number of aromatic nitrogens is 3. The van der Waals surface area contributed by atoms with Crippen molar-refractivity contribution in [2.45, 2.75) is 0 Å². The summed E-state index contributed by atoms with van der Waals surface area (Å²) in [5.74, 6) is 0.584. The third-order valence-electron chi connectivity index (χ3n) is 4.93. The highest BCUT2D eigenvalue weighted by Gasteiger charge is 2.14. The summed E-state index contributed by atoms with van der Waals surface area (Å²) in [7, 11) is 0. The molecule has 0 atom stereocenters. The summed E-state index contributed by atoms with van der Waals surface area (Å²) >= 11 is 0. The number of ether oxygens (including phenoxy) is 1. The average Bonchev–Trinajstić information content (AvgIpc) is 3.32. The minimum atomic E-state index is 0.584. The molecule has 7 heteroatoms. The Morgan fingerprint density at radius 2 is 2.07 bits per heavy atom. The number of para-hydroxylation sites is 1. The van der Waals surface area contributed by atoms with Gasteiger partial charge in [-0.1, -0.05) is 18.2 Å². The molecule has 0 amide bonds. The van der Waals surface area contributed by atoms with Crippen molar-refractivity contribution in [2.75, 3.05) is 44.7 Å². The van der Waals surface area contributed by atoms with Gasteiger partial charge in [0.15, 0.2) is 11.2 Å². The Morgan fingerprint density at radius 1 is 1.19 bits per heavy atom. The van der Waals surface area contributed by atoms with Crippen LogP contribution in [0.15, 0.2) is 47.1 Å². The van der Waals surface area contributed by atoms with Gasteiger partial charge in [-0.15, -0.1) is 0 Å². The number of H-pyrrole nitrogens is 1. The van der Waals surface area contributed by atoms with E-state index >= 15 is 0 Å². The maximum absolute atomic E-state index is 6.00. The molecule has 1 fully saturated rings. The van der Waals surface area contributed by atoms with Crippen LogP contribution in [0.4, 0.5) is 5.69 Å². The molecule has 2 N–H and O–H groups in total. The van der Waals surface area contributed by atoms with E-state index in [1.165, 1.54) is 0 Å². The molecule has 0 radical (unpaired) electrons. The van der Waals surface area contributed by atoms with E-state index in [9.17, 15) is 0 Å². The second-order valence-electron chi connectivity index (χ2n) is 6.69. The number of hydrogen-bond acceptors (Lipinski definition) is 6. The van der Waals surface area contributed by atoms with E-state index in [4.69, 9.17) is 9.15 Å². The molecule has 0 bridgehead atoms. The topological polar surface area (TPSA) is 79.2 Å². The summed E-state index contributed by atoms with van der Waals surface area (Å²) in [6, 6.07) is 10.1. The summed E-state index contributed by atoms with van der Waals surface area (Å²) in [5, 5.41) is 4.51. The van der Waals surface area contributed by atoms with Crippen molar-refractivity contribution < 1.29 is 9.15 Å². The smallest absolute Gasteiger partial charge is 0.231 e. The van der Waals surface area contributed by atoms with E-state index in [2.05, 4.69) is 31.2 Å². The minimum absolute atomic E-state index is 0.584. The maximum atomic E-state index is 6.00. The predicted molar refractivity (Wildman–Crippen MR) is 105 cm³/mol. The van der Waals surface area contributed by atoms with Crippen LogP contribution in [0.3, 0.4) is 0 Å². The van der Waals surface area contributed by atoms with Crippen LogP contribution in [-0.2, 0) is 4.74 Å². The van der Waals surface area contributed by atoms with Gasteiger partial charge in [0.1, 0.15) is 0 Å². The van der Waals surface area contributed by atoms with Gasteiger partial charge in [-0.05, 0) is 6.07 Å². The third kappa shape index (κ3) is 3.27. The number of fused-ring (bicyclic) bond motifs is 2. The summed E-state index contributed by atoms with van der Waals surface area (Å²) in [6.45, 7) is 5.48. The highest BCUT2D eigenvalue weighted by atomic mass is 16.5.